The molecule has 0 fully saturated rings. The van der Waals surface area contributed by atoms with Crippen molar-refractivity contribution < 1.29 is 0 Å². The van der Waals surface area contributed by atoms with E-state index in [9.17, 15) is 0 Å². The zero-order valence-electron chi connectivity index (χ0n) is 10.9. The molecule has 6 heteroatoms. The summed E-state index contributed by atoms with van der Waals surface area (Å²) in [5.74, 6) is 0.554. The van der Waals surface area contributed by atoms with E-state index in [0.29, 0.717) is 16.0 Å². The Morgan fingerprint density at radius 1 is 1.00 bits per heavy atom. The zero-order chi connectivity index (χ0) is 14.7. The van der Waals surface area contributed by atoms with E-state index < -0.39 is 0 Å². The summed E-state index contributed by atoms with van der Waals surface area (Å²) in [4.78, 5) is 0. The van der Waals surface area contributed by atoms with Crippen molar-refractivity contribution in [3.63, 3.8) is 0 Å². The highest BCUT2D eigenvalue weighted by Gasteiger charge is 2.13. The van der Waals surface area contributed by atoms with Crippen LogP contribution in [0.1, 0.15) is 5.56 Å². The van der Waals surface area contributed by atoms with Crippen LogP contribution in [0.25, 0.3) is 11.4 Å². The molecule has 3 aromatic rings. The monoisotopic (exact) mass is 314 g/mol. The molecule has 104 valence electrons. The highest BCUT2D eigenvalue weighted by molar-refractivity contribution is 7.80. The van der Waals surface area contributed by atoms with Gasteiger partial charge >= 0.3 is 0 Å². The Hall–Kier alpha value is -2.11. The number of halogens is 1. The maximum absolute atomic E-state index is 6.20. The van der Waals surface area contributed by atoms with E-state index in [2.05, 4.69) is 27.9 Å². The molecule has 0 aliphatic carbocycles. The van der Waals surface area contributed by atoms with Crippen LogP contribution in [-0.2, 0) is 0 Å². The first-order chi connectivity index (χ1) is 10.3. The van der Waals surface area contributed by atoms with Gasteiger partial charge in [-0.3, -0.25) is 0 Å². The third kappa shape index (κ3) is 2.99. The Morgan fingerprint density at radius 3 is 2.48 bits per heavy atom. The van der Waals surface area contributed by atoms with Crippen molar-refractivity contribution in [3.8, 4) is 11.4 Å². The molecule has 0 amide bonds. The highest BCUT2D eigenvalue weighted by Crippen LogP contribution is 2.27. The summed E-state index contributed by atoms with van der Waals surface area (Å²) >= 11 is 10.5. The molecule has 1 heterocycles. The zero-order valence-corrected chi connectivity index (χ0v) is 12.5. The number of thiol groups is 1. The average molecular weight is 315 g/mol. The van der Waals surface area contributed by atoms with Crippen LogP contribution in [0, 0.1) is 0 Å². The summed E-state index contributed by atoms with van der Waals surface area (Å²) in [5, 5.41) is 13.4. The molecule has 0 bridgehead atoms. The molecule has 0 spiro atoms. The van der Waals surface area contributed by atoms with Crippen LogP contribution in [0.15, 0.2) is 64.9 Å². The van der Waals surface area contributed by atoms with Gasteiger partial charge in [0.15, 0.2) is 5.82 Å². The fourth-order valence-corrected chi connectivity index (χ4v) is 2.26. The van der Waals surface area contributed by atoms with E-state index >= 15 is 0 Å². The van der Waals surface area contributed by atoms with Gasteiger partial charge in [-0.05, 0) is 17.7 Å². The van der Waals surface area contributed by atoms with E-state index in [-0.39, 0.29) is 0 Å². The lowest BCUT2D eigenvalue weighted by atomic mass is 10.2. The van der Waals surface area contributed by atoms with E-state index in [1.54, 1.807) is 17.0 Å². The van der Waals surface area contributed by atoms with Gasteiger partial charge in [0.25, 0.3) is 0 Å². The van der Waals surface area contributed by atoms with Crippen molar-refractivity contribution in [3.05, 3.63) is 65.2 Å². The Bertz CT molecular complexity index is 783. The number of benzene rings is 2. The minimum atomic E-state index is 0.400. The number of aromatic nitrogens is 3. The first kappa shape index (κ1) is 13.9. The summed E-state index contributed by atoms with van der Waals surface area (Å²) < 4.78 is 1.55. The fourth-order valence-electron chi connectivity index (χ4n) is 1.85. The predicted molar refractivity (Wildman–Crippen MR) is 87.2 cm³/mol. The van der Waals surface area contributed by atoms with Crippen molar-refractivity contribution in [1.29, 1.82) is 0 Å². The Labute approximate surface area is 132 Å². The largest absolute Gasteiger partial charge is 0.209 e. The lowest BCUT2D eigenvalue weighted by molar-refractivity contribution is 0.776. The van der Waals surface area contributed by atoms with Gasteiger partial charge in [0.2, 0.25) is 5.16 Å². The maximum Gasteiger partial charge on any atom is 0.209 e. The number of rotatable bonds is 3. The van der Waals surface area contributed by atoms with Gasteiger partial charge in [-0.15, -0.1) is 22.8 Å². The average Bonchev–Trinajstić information content (AvgIpc) is 2.88. The lowest BCUT2D eigenvalue weighted by Crippen LogP contribution is -1.96. The van der Waals surface area contributed by atoms with Crippen LogP contribution in [0.4, 0.5) is 0 Å². The van der Waals surface area contributed by atoms with Crippen LogP contribution in [0.3, 0.4) is 0 Å². The molecule has 1 aromatic heterocycles. The summed E-state index contributed by atoms with van der Waals surface area (Å²) in [6.07, 6.45) is 1.73. The van der Waals surface area contributed by atoms with Gasteiger partial charge < -0.3 is 0 Å². The molecule has 0 saturated heterocycles. The van der Waals surface area contributed by atoms with E-state index in [4.69, 9.17) is 11.6 Å². The molecular formula is C15H11ClN4S. The minimum absolute atomic E-state index is 0.400. The molecule has 2 aromatic carbocycles. The van der Waals surface area contributed by atoms with Crippen molar-refractivity contribution >= 4 is 30.4 Å². The Morgan fingerprint density at radius 2 is 1.71 bits per heavy atom. The SMILES string of the molecule is Sc1nnc(-c2ccccc2Cl)n1N=Cc1ccccc1. The van der Waals surface area contributed by atoms with E-state index in [0.717, 1.165) is 11.1 Å². The summed E-state index contributed by atoms with van der Waals surface area (Å²) in [6.45, 7) is 0. The lowest BCUT2D eigenvalue weighted by Gasteiger charge is -2.03. The van der Waals surface area contributed by atoms with Crippen LogP contribution < -0.4 is 0 Å². The first-order valence-corrected chi connectivity index (χ1v) is 7.07. The summed E-state index contributed by atoms with van der Waals surface area (Å²) in [6, 6.07) is 17.2. The first-order valence-electron chi connectivity index (χ1n) is 6.24. The second kappa shape index (κ2) is 6.11. The second-order valence-corrected chi connectivity index (χ2v) is 5.08. The molecule has 0 aliphatic heterocycles. The number of hydrogen-bond donors (Lipinski definition) is 1. The third-order valence-corrected chi connectivity index (χ3v) is 3.47. The quantitative estimate of drug-likeness (QED) is 0.590. The van der Waals surface area contributed by atoms with Gasteiger partial charge in [-0.25, -0.2) is 0 Å². The molecule has 3 rings (SSSR count). The molecule has 0 aliphatic rings. The number of hydrogen-bond acceptors (Lipinski definition) is 4. The molecular weight excluding hydrogens is 304 g/mol. The fraction of sp³-hybridized carbons (Fsp3) is 0. The second-order valence-electron chi connectivity index (χ2n) is 4.27. The van der Waals surface area contributed by atoms with Gasteiger partial charge in [0.1, 0.15) is 0 Å². The third-order valence-electron chi connectivity index (χ3n) is 2.86. The van der Waals surface area contributed by atoms with E-state index in [1.807, 2.05) is 48.5 Å². The van der Waals surface area contributed by atoms with Crippen molar-refractivity contribution in [2.24, 2.45) is 5.10 Å². The van der Waals surface area contributed by atoms with Crippen molar-refractivity contribution in [2.45, 2.75) is 5.16 Å². The normalized spacial score (nSPS) is 11.1. The van der Waals surface area contributed by atoms with Crippen LogP contribution >= 0.6 is 24.2 Å². The Balaban J connectivity index is 2.02. The maximum atomic E-state index is 6.20. The molecule has 0 atom stereocenters. The van der Waals surface area contributed by atoms with Gasteiger partial charge in [0, 0.05) is 5.56 Å². The van der Waals surface area contributed by atoms with Crippen molar-refractivity contribution in [2.75, 3.05) is 0 Å². The van der Waals surface area contributed by atoms with Gasteiger partial charge in [0.05, 0.1) is 11.2 Å². The smallest absolute Gasteiger partial charge is 0.187 e. The molecule has 4 nitrogen and oxygen atoms in total. The summed E-state index contributed by atoms with van der Waals surface area (Å²) in [7, 11) is 0. The predicted octanol–water partition coefficient (Wildman–Crippen LogP) is 3.77. The van der Waals surface area contributed by atoms with Crippen molar-refractivity contribution in [1.82, 2.24) is 14.9 Å². The topological polar surface area (TPSA) is 43.1 Å². The van der Waals surface area contributed by atoms with Gasteiger partial charge in [-0.2, -0.15) is 9.78 Å². The highest BCUT2D eigenvalue weighted by atomic mass is 35.5. The molecule has 0 radical (unpaired) electrons. The summed E-state index contributed by atoms with van der Waals surface area (Å²) in [5.41, 5.74) is 1.74. The molecule has 21 heavy (non-hydrogen) atoms. The van der Waals surface area contributed by atoms with E-state index in [1.165, 1.54) is 0 Å². The Kier molecular flexibility index (Phi) is 4.03. The van der Waals surface area contributed by atoms with Crippen LogP contribution in [-0.4, -0.2) is 21.1 Å². The molecule has 0 saturated carbocycles. The number of nitrogens with zero attached hydrogens (tertiary/aromatic N) is 4. The molecule has 0 N–H and O–H groups in total. The van der Waals surface area contributed by atoms with Gasteiger partial charge in [-0.1, -0.05) is 54.1 Å². The molecule has 0 unspecified atom stereocenters. The minimum Gasteiger partial charge on any atom is -0.187 e. The standard InChI is InChI=1S/C15H11ClN4S/c16-13-9-5-4-8-12(13)14-18-19-15(21)20(14)17-10-11-6-2-1-3-7-11/h1-10H,(H,19,21). The van der Waals surface area contributed by atoms with Crippen LogP contribution in [0.5, 0.6) is 0 Å². The van der Waals surface area contributed by atoms with Crippen LogP contribution in [0.2, 0.25) is 5.02 Å².